The van der Waals surface area contributed by atoms with Crippen molar-refractivity contribution in [3.8, 4) is 0 Å². The van der Waals surface area contributed by atoms with Crippen LogP contribution in [0.15, 0.2) is 39.5 Å². The zero-order valence-corrected chi connectivity index (χ0v) is 11.9. The summed E-state index contributed by atoms with van der Waals surface area (Å²) in [4.78, 5) is 0. The molecule has 0 aliphatic rings. The average molecular weight is 317 g/mol. The summed E-state index contributed by atoms with van der Waals surface area (Å²) < 4.78 is 0.992. The summed E-state index contributed by atoms with van der Waals surface area (Å²) in [6.07, 6.45) is 0. The molecule has 0 radical (unpaired) electrons. The van der Waals surface area contributed by atoms with Crippen LogP contribution >= 0.6 is 38.9 Å². The van der Waals surface area contributed by atoms with Crippen molar-refractivity contribution in [2.75, 3.05) is 5.32 Å². The summed E-state index contributed by atoms with van der Waals surface area (Å²) in [5, 5.41) is 8.35. The maximum absolute atomic E-state index is 6.15. The van der Waals surface area contributed by atoms with E-state index in [9.17, 15) is 0 Å². The second-order valence-electron chi connectivity index (χ2n) is 3.55. The minimum absolute atomic E-state index is 0.268. The number of rotatable bonds is 3. The molecule has 0 fully saturated rings. The molecule has 2 aromatic rings. The van der Waals surface area contributed by atoms with Crippen molar-refractivity contribution in [2.24, 2.45) is 0 Å². The molecule has 4 heteroatoms. The Morgan fingerprint density at radius 2 is 2.19 bits per heavy atom. The standard InChI is InChI=1S/C12H11BrClNS/c1-8(9-4-5-16-7-9)15-12-3-2-10(13)6-11(12)14/h2-8,15H,1H3. The van der Waals surface area contributed by atoms with E-state index >= 15 is 0 Å². The fourth-order valence-electron chi connectivity index (χ4n) is 1.44. The van der Waals surface area contributed by atoms with E-state index in [4.69, 9.17) is 11.6 Å². The number of thiophene rings is 1. The molecule has 16 heavy (non-hydrogen) atoms. The van der Waals surface area contributed by atoms with E-state index in [0.29, 0.717) is 0 Å². The Labute approximate surface area is 113 Å². The van der Waals surface area contributed by atoms with Gasteiger partial charge in [0.2, 0.25) is 0 Å². The van der Waals surface area contributed by atoms with Crippen molar-refractivity contribution in [3.63, 3.8) is 0 Å². The Balaban J connectivity index is 2.15. The van der Waals surface area contributed by atoms with Gasteiger partial charge in [0.25, 0.3) is 0 Å². The predicted octanol–water partition coefficient (Wildman–Crippen LogP) is 5.34. The molecule has 0 saturated carbocycles. The third kappa shape index (κ3) is 2.78. The number of benzene rings is 1. The zero-order chi connectivity index (χ0) is 11.5. The Hall–Kier alpha value is -0.510. The molecule has 1 aromatic heterocycles. The maximum atomic E-state index is 6.15. The molecular weight excluding hydrogens is 306 g/mol. The van der Waals surface area contributed by atoms with Gasteiger partial charge in [0, 0.05) is 10.5 Å². The monoisotopic (exact) mass is 315 g/mol. The van der Waals surface area contributed by atoms with Gasteiger partial charge in [0.1, 0.15) is 0 Å². The predicted molar refractivity (Wildman–Crippen MR) is 75.5 cm³/mol. The topological polar surface area (TPSA) is 12.0 Å². The summed E-state index contributed by atoms with van der Waals surface area (Å²) in [5.41, 5.74) is 2.24. The highest BCUT2D eigenvalue weighted by molar-refractivity contribution is 9.10. The van der Waals surface area contributed by atoms with Crippen molar-refractivity contribution >= 4 is 44.6 Å². The fourth-order valence-corrected chi connectivity index (χ4v) is 2.93. The molecule has 1 heterocycles. The first kappa shape index (κ1) is 12.0. The van der Waals surface area contributed by atoms with Gasteiger partial charge in [-0.05, 0) is 47.5 Å². The molecule has 2 rings (SSSR count). The lowest BCUT2D eigenvalue weighted by Gasteiger charge is -2.15. The summed E-state index contributed by atoms with van der Waals surface area (Å²) >= 11 is 11.2. The van der Waals surface area contributed by atoms with Gasteiger partial charge < -0.3 is 5.32 Å². The molecule has 0 saturated heterocycles. The SMILES string of the molecule is CC(Nc1ccc(Br)cc1Cl)c1ccsc1. The Bertz CT molecular complexity index is 470. The lowest BCUT2D eigenvalue weighted by molar-refractivity contribution is 0.890. The van der Waals surface area contributed by atoms with Gasteiger partial charge in [-0.3, -0.25) is 0 Å². The van der Waals surface area contributed by atoms with Crippen LogP contribution in [0.1, 0.15) is 18.5 Å². The molecule has 1 nitrogen and oxygen atoms in total. The maximum Gasteiger partial charge on any atom is 0.0648 e. The molecule has 1 aromatic carbocycles. The minimum Gasteiger partial charge on any atom is -0.377 e. The molecule has 1 unspecified atom stereocenters. The second kappa shape index (κ2) is 5.21. The van der Waals surface area contributed by atoms with Crippen LogP contribution in [0.5, 0.6) is 0 Å². The molecule has 1 N–H and O–H groups in total. The molecular formula is C12H11BrClNS. The third-order valence-corrected chi connectivity index (χ3v) is 3.85. The molecule has 0 bridgehead atoms. The van der Waals surface area contributed by atoms with Crippen molar-refractivity contribution < 1.29 is 0 Å². The number of halogens is 2. The van der Waals surface area contributed by atoms with Crippen LogP contribution in [0.25, 0.3) is 0 Å². The van der Waals surface area contributed by atoms with Crippen LogP contribution < -0.4 is 5.32 Å². The third-order valence-electron chi connectivity index (χ3n) is 2.35. The smallest absolute Gasteiger partial charge is 0.0648 e. The second-order valence-corrected chi connectivity index (χ2v) is 5.65. The van der Waals surface area contributed by atoms with E-state index in [-0.39, 0.29) is 6.04 Å². The van der Waals surface area contributed by atoms with Crippen molar-refractivity contribution in [2.45, 2.75) is 13.0 Å². The van der Waals surface area contributed by atoms with Gasteiger partial charge in [-0.2, -0.15) is 11.3 Å². The number of anilines is 1. The molecule has 0 spiro atoms. The van der Waals surface area contributed by atoms with E-state index in [1.165, 1.54) is 5.56 Å². The lowest BCUT2D eigenvalue weighted by atomic mass is 10.1. The normalized spacial score (nSPS) is 12.4. The van der Waals surface area contributed by atoms with Gasteiger partial charge in [-0.25, -0.2) is 0 Å². The van der Waals surface area contributed by atoms with Gasteiger partial charge in [0.15, 0.2) is 0 Å². The summed E-state index contributed by atoms with van der Waals surface area (Å²) in [6, 6.07) is 8.24. The van der Waals surface area contributed by atoms with Crippen LogP contribution in [0.2, 0.25) is 5.02 Å². The quantitative estimate of drug-likeness (QED) is 0.806. The van der Waals surface area contributed by atoms with Crippen molar-refractivity contribution in [1.82, 2.24) is 0 Å². The van der Waals surface area contributed by atoms with E-state index in [1.807, 2.05) is 18.2 Å². The number of hydrogen-bond acceptors (Lipinski definition) is 2. The first-order valence-electron chi connectivity index (χ1n) is 4.90. The Kier molecular flexibility index (Phi) is 3.90. The van der Waals surface area contributed by atoms with Gasteiger partial charge in [-0.15, -0.1) is 0 Å². The molecule has 0 amide bonds. The average Bonchev–Trinajstić information content (AvgIpc) is 2.75. The number of nitrogens with one attached hydrogen (secondary N) is 1. The van der Waals surface area contributed by atoms with E-state index in [2.05, 4.69) is 45.0 Å². The van der Waals surface area contributed by atoms with Gasteiger partial charge in [0.05, 0.1) is 10.7 Å². The Morgan fingerprint density at radius 1 is 1.38 bits per heavy atom. The molecule has 84 valence electrons. The summed E-state index contributed by atoms with van der Waals surface area (Å²) in [7, 11) is 0. The van der Waals surface area contributed by atoms with Crippen LogP contribution in [0.4, 0.5) is 5.69 Å². The molecule has 0 aliphatic carbocycles. The minimum atomic E-state index is 0.268. The molecule has 1 atom stereocenters. The molecule has 0 aliphatic heterocycles. The number of hydrogen-bond donors (Lipinski definition) is 1. The largest absolute Gasteiger partial charge is 0.377 e. The highest BCUT2D eigenvalue weighted by Gasteiger charge is 2.07. The van der Waals surface area contributed by atoms with Crippen LogP contribution in [0.3, 0.4) is 0 Å². The highest BCUT2D eigenvalue weighted by Crippen LogP contribution is 2.29. The van der Waals surface area contributed by atoms with Crippen LogP contribution in [-0.2, 0) is 0 Å². The van der Waals surface area contributed by atoms with E-state index in [1.54, 1.807) is 11.3 Å². The van der Waals surface area contributed by atoms with Crippen LogP contribution in [-0.4, -0.2) is 0 Å². The zero-order valence-electron chi connectivity index (χ0n) is 8.71. The Morgan fingerprint density at radius 3 is 2.81 bits per heavy atom. The summed E-state index contributed by atoms with van der Waals surface area (Å²) in [6.45, 7) is 2.13. The van der Waals surface area contributed by atoms with Gasteiger partial charge in [-0.1, -0.05) is 27.5 Å². The highest BCUT2D eigenvalue weighted by atomic mass is 79.9. The fraction of sp³-hybridized carbons (Fsp3) is 0.167. The lowest BCUT2D eigenvalue weighted by Crippen LogP contribution is -2.05. The van der Waals surface area contributed by atoms with Crippen molar-refractivity contribution in [3.05, 3.63) is 50.1 Å². The summed E-state index contributed by atoms with van der Waals surface area (Å²) in [5.74, 6) is 0. The van der Waals surface area contributed by atoms with Gasteiger partial charge >= 0.3 is 0 Å². The first-order valence-corrected chi connectivity index (χ1v) is 7.02. The van der Waals surface area contributed by atoms with Crippen molar-refractivity contribution in [1.29, 1.82) is 0 Å². The van der Waals surface area contributed by atoms with E-state index in [0.717, 1.165) is 15.2 Å². The van der Waals surface area contributed by atoms with E-state index < -0.39 is 0 Å². The van der Waals surface area contributed by atoms with Crippen LogP contribution in [0, 0.1) is 0 Å². The first-order chi connectivity index (χ1) is 7.66.